The zero-order chi connectivity index (χ0) is 20.8. The Labute approximate surface area is 185 Å². The largest absolute Gasteiger partial charge is 0.490 e. The molecule has 29 heavy (non-hydrogen) atoms. The molecule has 0 saturated carbocycles. The number of halogens is 2. The first kappa shape index (κ1) is 21.4. The van der Waals surface area contributed by atoms with E-state index < -0.39 is 0 Å². The van der Waals surface area contributed by atoms with E-state index in [1.54, 1.807) is 0 Å². The summed E-state index contributed by atoms with van der Waals surface area (Å²) in [5.41, 5.74) is 5.20. The van der Waals surface area contributed by atoms with E-state index in [4.69, 9.17) is 21.1 Å². The van der Waals surface area contributed by atoms with E-state index >= 15 is 0 Å². The number of hydrogen-bond donors (Lipinski definition) is 0. The Bertz CT molecular complexity index is 1030. The van der Waals surface area contributed by atoms with E-state index in [0.29, 0.717) is 29.7 Å². The lowest BCUT2D eigenvalue weighted by molar-refractivity contribution is 0.267. The molecule has 3 nitrogen and oxygen atoms in total. The zero-order valence-electron chi connectivity index (χ0n) is 16.7. The number of aliphatic imine (C=N–C) groups is 1. The monoisotopic (exact) mass is 471 g/mol. The summed E-state index contributed by atoms with van der Waals surface area (Å²) in [6, 6.07) is 17.8. The van der Waals surface area contributed by atoms with E-state index in [1.165, 1.54) is 5.56 Å². The van der Waals surface area contributed by atoms with Gasteiger partial charge in [0.2, 0.25) is 0 Å². The van der Waals surface area contributed by atoms with Gasteiger partial charge in [-0.25, -0.2) is 0 Å². The predicted octanol–water partition coefficient (Wildman–Crippen LogP) is 7.45. The molecule has 0 aliphatic carbocycles. The van der Waals surface area contributed by atoms with Crippen molar-refractivity contribution in [2.24, 2.45) is 4.99 Å². The third-order valence-corrected chi connectivity index (χ3v) is 5.15. The van der Waals surface area contributed by atoms with Gasteiger partial charge in [0.25, 0.3) is 0 Å². The lowest BCUT2D eigenvalue weighted by Gasteiger charge is -2.15. The van der Waals surface area contributed by atoms with Crippen molar-refractivity contribution in [1.29, 1.82) is 0 Å². The summed E-state index contributed by atoms with van der Waals surface area (Å²) in [6.45, 7) is 7.01. The first-order valence-electron chi connectivity index (χ1n) is 9.41. The molecular weight excluding hydrogens is 450 g/mol. The van der Waals surface area contributed by atoms with Crippen molar-refractivity contribution in [2.75, 3.05) is 6.61 Å². The molecule has 3 aromatic carbocycles. The average Bonchev–Trinajstić information content (AvgIpc) is 2.68. The van der Waals surface area contributed by atoms with Gasteiger partial charge in [0, 0.05) is 11.2 Å². The normalized spacial score (nSPS) is 11.1. The molecule has 0 amide bonds. The van der Waals surface area contributed by atoms with Crippen molar-refractivity contribution >= 4 is 39.4 Å². The number of ether oxygens (including phenoxy) is 2. The van der Waals surface area contributed by atoms with Gasteiger partial charge in [0.15, 0.2) is 11.5 Å². The lowest BCUT2D eigenvalue weighted by Crippen LogP contribution is -2.01. The van der Waals surface area contributed by atoms with Gasteiger partial charge in [-0.3, -0.25) is 4.99 Å². The molecule has 0 radical (unpaired) electrons. The van der Waals surface area contributed by atoms with E-state index in [0.717, 1.165) is 26.9 Å². The summed E-state index contributed by atoms with van der Waals surface area (Å²) >= 11 is 9.68. The first-order chi connectivity index (χ1) is 14.0. The summed E-state index contributed by atoms with van der Waals surface area (Å²) in [6.07, 6.45) is 1.84. The van der Waals surface area contributed by atoms with Crippen molar-refractivity contribution < 1.29 is 9.47 Å². The van der Waals surface area contributed by atoms with Gasteiger partial charge in [-0.05, 0) is 89.3 Å². The molecule has 0 fully saturated rings. The van der Waals surface area contributed by atoms with Crippen LogP contribution in [-0.2, 0) is 6.61 Å². The van der Waals surface area contributed by atoms with Gasteiger partial charge in [0.1, 0.15) is 6.61 Å². The minimum Gasteiger partial charge on any atom is -0.490 e. The Morgan fingerprint density at radius 1 is 1.03 bits per heavy atom. The second kappa shape index (κ2) is 9.95. The molecule has 3 aromatic rings. The molecule has 0 aliphatic heterocycles. The van der Waals surface area contributed by atoms with Crippen LogP contribution in [0, 0.1) is 13.8 Å². The Hall–Kier alpha value is -2.30. The number of hydrogen-bond acceptors (Lipinski definition) is 3. The minimum absolute atomic E-state index is 0.398. The Kier molecular flexibility index (Phi) is 7.34. The Morgan fingerprint density at radius 2 is 1.86 bits per heavy atom. The second-order valence-electron chi connectivity index (χ2n) is 6.73. The highest BCUT2D eigenvalue weighted by Gasteiger charge is 2.12. The second-order valence-corrected chi connectivity index (χ2v) is 8.02. The maximum absolute atomic E-state index is 6.06. The molecule has 0 bridgehead atoms. The predicted molar refractivity (Wildman–Crippen MR) is 124 cm³/mol. The highest BCUT2D eigenvalue weighted by molar-refractivity contribution is 9.10. The van der Waals surface area contributed by atoms with Crippen LogP contribution in [-0.4, -0.2) is 12.8 Å². The number of aryl methyl sites for hydroxylation is 2. The Morgan fingerprint density at radius 3 is 2.62 bits per heavy atom. The fraction of sp³-hybridized carbons (Fsp3) is 0.208. The highest BCUT2D eigenvalue weighted by Crippen LogP contribution is 2.37. The van der Waals surface area contributed by atoms with Crippen molar-refractivity contribution in [2.45, 2.75) is 27.4 Å². The number of benzene rings is 3. The van der Waals surface area contributed by atoms with Crippen molar-refractivity contribution in [3.63, 3.8) is 0 Å². The average molecular weight is 473 g/mol. The number of nitrogens with zero attached hydrogens (tertiary/aromatic N) is 1. The summed E-state index contributed by atoms with van der Waals surface area (Å²) < 4.78 is 12.7. The van der Waals surface area contributed by atoms with Crippen LogP contribution in [0.4, 0.5) is 5.69 Å². The molecule has 0 atom stereocenters. The van der Waals surface area contributed by atoms with Crippen LogP contribution in [0.25, 0.3) is 0 Å². The summed E-state index contributed by atoms with van der Waals surface area (Å²) in [5, 5.41) is 0.688. The number of rotatable bonds is 7. The molecule has 0 aliphatic rings. The van der Waals surface area contributed by atoms with E-state index in [1.807, 2.05) is 49.5 Å². The van der Waals surface area contributed by atoms with Crippen molar-refractivity contribution in [3.05, 3.63) is 86.3 Å². The van der Waals surface area contributed by atoms with Gasteiger partial charge >= 0.3 is 0 Å². The van der Waals surface area contributed by atoms with Crippen LogP contribution in [0.5, 0.6) is 11.5 Å². The summed E-state index contributed by atoms with van der Waals surface area (Å²) in [4.78, 5) is 4.66. The van der Waals surface area contributed by atoms with Crippen molar-refractivity contribution in [1.82, 2.24) is 0 Å². The maximum atomic E-state index is 6.06. The first-order valence-corrected chi connectivity index (χ1v) is 10.6. The fourth-order valence-electron chi connectivity index (χ4n) is 2.85. The van der Waals surface area contributed by atoms with Crippen LogP contribution >= 0.6 is 27.5 Å². The van der Waals surface area contributed by atoms with Crippen LogP contribution in [0.15, 0.2) is 64.1 Å². The van der Waals surface area contributed by atoms with E-state index in [9.17, 15) is 0 Å². The molecule has 0 spiro atoms. The molecule has 0 N–H and O–H groups in total. The fourth-order valence-corrected chi connectivity index (χ4v) is 3.64. The molecule has 150 valence electrons. The lowest BCUT2D eigenvalue weighted by atomic mass is 10.1. The summed E-state index contributed by atoms with van der Waals surface area (Å²) in [5.74, 6) is 1.34. The quantitative estimate of drug-likeness (QED) is 0.334. The molecule has 5 heteroatoms. The van der Waals surface area contributed by atoms with Gasteiger partial charge in [-0.15, -0.1) is 0 Å². The SMILES string of the molecule is CCOc1cc(C=Nc2cc(C)ccc2C)cc(Br)c1OCc1cccc(Cl)c1. The van der Waals surface area contributed by atoms with Crippen LogP contribution in [0.1, 0.15) is 29.2 Å². The zero-order valence-corrected chi connectivity index (χ0v) is 19.0. The van der Waals surface area contributed by atoms with Gasteiger partial charge in [-0.1, -0.05) is 35.9 Å². The third-order valence-electron chi connectivity index (χ3n) is 4.32. The van der Waals surface area contributed by atoms with Crippen LogP contribution < -0.4 is 9.47 Å². The molecule has 0 aromatic heterocycles. The smallest absolute Gasteiger partial charge is 0.175 e. The summed E-state index contributed by atoms with van der Waals surface area (Å²) in [7, 11) is 0. The topological polar surface area (TPSA) is 30.8 Å². The van der Waals surface area contributed by atoms with Crippen molar-refractivity contribution in [3.8, 4) is 11.5 Å². The highest BCUT2D eigenvalue weighted by atomic mass is 79.9. The van der Waals surface area contributed by atoms with E-state index in [2.05, 4.69) is 53.0 Å². The van der Waals surface area contributed by atoms with Gasteiger partial charge < -0.3 is 9.47 Å². The van der Waals surface area contributed by atoms with Crippen LogP contribution in [0.3, 0.4) is 0 Å². The molecule has 0 saturated heterocycles. The minimum atomic E-state index is 0.398. The molecular formula is C24H23BrClNO2. The molecule has 0 heterocycles. The van der Waals surface area contributed by atoms with Gasteiger partial charge in [-0.2, -0.15) is 0 Å². The maximum Gasteiger partial charge on any atom is 0.175 e. The molecule has 3 rings (SSSR count). The van der Waals surface area contributed by atoms with Crippen LogP contribution in [0.2, 0.25) is 5.02 Å². The third kappa shape index (κ3) is 5.84. The standard InChI is InChI=1S/C24H23BrClNO2/c1-4-28-23-13-19(14-27-22-10-16(2)8-9-17(22)3)12-21(25)24(23)29-15-18-6-5-7-20(26)11-18/h5-14H,4,15H2,1-3H3. The molecule has 0 unspecified atom stereocenters. The van der Waals surface area contributed by atoms with Gasteiger partial charge in [0.05, 0.1) is 16.8 Å². The van der Waals surface area contributed by atoms with E-state index in [-0.39, 0.29) is 0 Å². The Balaban J connectivity index is 1.85.